The second-order valence-corrected chi connectivity index (χ2v) is 12.5. The van der Waals surface area contributed by atoms with E-state index in [0.29, 0.717) is 23.5 Å². The van der Waals surface area contributed by atoms with Crippen molar-refractivity contribution >= 4 is 34.9 Å². The molecule has 2 aromatic rings. The zero-order chi connectivity index (χ0) is 32.9. The lowest BCUT2D eigenvalue weighted by Crippen LogP contribution is -2.53. The van der Waals surface area contributed by atoms with Gasteiger partial charge < -0.3 is 25.3 Å². The largest absolute Gasteiger partial charge is 0.335 e. The lowest BCUT2D eigenvalue weighted by Gasteiger charge is -2.42. The van der Waals surface area contributed by atoms with Crippen molar-refractivity contribution in [3.05, 3.63) is 64.2 Å². The Morgan fingerprint density at radius 1 is 0.761 bits per heavy atom. The average molecular weight is 635 g/mol. The predicted molar refractivity (Wildman–Crippen MR) is 181 cm³/mol. The van der Waals surface area contributed by atoms with E-state index in [4.69, 9.17) is 0 Å². The van der Waals surface area contributed by atoms with Crippen LogP contribution in [0, 0.1) is 10.1 Å². The van der Waals surface area contributed by atoms with Gasteiger partial charge in [-0.05, 0) is 88.1 Å². The number of nitro groups is 1. The van der Waals surface area contributed by atoms with Crippen molar-refractivity contribution in [2.75, 3.05) is 43.4 Å². The van der Waals surface area contributed by atoms with Gasteiger partial charge in [-0.25, -0.2) is 4.79 Å². The van der Waals surface area contributed by atoms with Crippen molar-refractivity contribution in [2.45, 2.75) is 96.6 Å². The number of non-ortho nitro benzene ring substituents is 1. The van der Waals surface area contributed by atoms with Gasteiger partial charge in [-0.1, -0.05) is 52.4 Å². The zero-order valence-corrected chi connectivity index (χ0v) is 27.4. The number of rotatable bonds is 14. The Morgan fingerprint density at radius 3 is 1.74 bits per heavy atom. The molecule has 11 nitrogen and oxygen atoms in total. The fourth-order valence-electron chi connectivity index (χ4n) is 6.78. The normalized spacial score (nSPS) is 15.7. The molecule has 0 heterocycles. The summed E-state index contributed by atoms with van der Waals surface area (Å²) in [5.41, 5.74) is 1.29. The highest BCUT2D eigenvalue weighted by Gasteiger charge is 2.34. The molecule has 0 saturated heterocycles. The van der Waals surface area contributed by atoms with E-state index < -0.39 is 11.0 Å². The first kappa shape index (κ1) is 34.9. The van der Waals surface area contributed by atoms with Crippen LogP contribution >= 0.6 is 0 Å². The van der Waals surface area contributed by atoms with E-state index in [2.05, 4.69) is 34.3 Å². The molecule has 0 spiro atoms. The first-order valence-electron chi connectivity index (χ1n) is 17.0. The lowest BCUT2D eigenvalue weighted by molar-refractivity contribution is -0.384. The van der Waals surface area contributed by atoms with Gasteiger partial charge in [0.05, 0.1) is 4.92 Å². The van der Waals surface area contributed by atoms with Gasteiger partial charge in [0.25, 0.3) is 11.6 Å². The van der Waals surface area contributed by atoms with Crippen LogP contribution < -0.4 is 10.6 Å². The molecule has 0 aromatic heterocycles. The van der Waals surface area contributed by atoms with Gasteiger partial charge in [0, 0.05) is 47.7 Å². The number of hydrogen-bond donors (Lipinski definition) is 2. The molecule has 11 heteroatoms. The SMILES string of the molecule is CCN(CC)CCCN(CC(=O)N(C1CCCCC1)C1CCCCC1)C(=O)c1ccc(NC(=O)Nc2ccc([N+](=O)[O-])cc2)cc1. The molecule has 0 radical (unpaired) electrons. The smallest absolute Gasteiger partial charge is 0.323 e. The molecular formula is C35H50N6O5. The Labute approximate surface area is 272 Å². The summed E-state index contributed by atoms with van der Waals surface area (Å²) < 4.78 is 0. The first-order valence-corrected chi connectivity index (χ1v) is 17.0. The second-order valence-electron chi connectivity index (χ2n) is 12.5. The number of benzene rings is 2. The summed E-state index contributed by atoms with van der Waals surface area (Å²) >= 11 is 0. The van der Waals surface area contributed by atoms with Crippen LogP contribution in [0.1, 0.15) is 94.8 Å². The van der Waals surface area contributed by atoms with E-state index in [0.717, 1.165) is 77.4 Å². The number of carbonyl (C=O) groups excluding carboxylic acids is 3. The topological polar surface area (TPSA) is 128 Å². The maximum Gasteiger partial charge on any atom is 0.323 e. The summed E-state index contributed by atoms with van der Waals surface area (Å²) in [5, 5.41) is 16.2. The molecule has 250 valence electrons. The number of carbonyl (C=O) groups is 3. The minimum Gasteiger partial charge on any atom is -0.335 e. The van der Waals surface area contributed by atoms with Gasteiger partial charge in [-0.3, -0.25) is 19.7 Å². The number of nitrogens with one attached hydrogen (secondary N) is 2. The lowest BCUT2D eigenvalue weighted by atomic mass is 9.88. The van der Waals surface area contributed by atoms with Crippen molar-refractivity contribution < 1.29 is 19.3 Å². The third kappa shape index (κ3) is 10.0. The molecule has 2 saturated carbocycles. The summed E-state index contributed by atoms with van der Waals surface area (Å²) in [6, 6.07) is 12.2. The highest BCUT2D eigenvalue weighted by molar-refractivity contribution is 6.01. The Bertz CT molecular complexity index is 1270. The quantitative estimate of drug-likeness (QED) is 0.172. The fourth-order valence-corrected chi connectivity index (χ4v) is 6.78. The maximum atomic E-state index is 14.1. The second kappa shape index (κ2) is 17.6. The predicted octanol–water partition coefficient (Wildman–Crippen LogP) is 6.91. The maximum absolute atomic E-state index is 14.1. The molecule has 2 fully saturated rings. The Morgan fingerprint density at radius 2 is 1.26 bits per heavy atom. The highest BCUT2D eigenvalue weighted by atomic mass is 16.6. The average Bonchev–Trinajstić information content (AvgIpc) is 3.07. The third-order valence-electron chi connectivity index (χ3n) is 9.36. The van der Waals surface area contributed by atoms with Crippen LogP contribution in [-0.4, -0.2) is 82.3 Å². The standard InChI is InChI=1S/C35H50N6O5/c1-3-38(4-2)24-11-25-39(26-33(42)40(30-12-7-5-8-13-30)31-14-9-6-10-15-31)34(43)27-16-18-28(19-17-27)36-35(44)37-29-20-22-32(23-21-29)41(45)46/h16-23,30-31H,3-15,24-26H2,1-2H3,(H2,36,37,44). The summed E-state index contributed by atoms with van der Waals surface area (Å²) in [4.78, 5) is 57.1. The molecule has 0 aliphatic heterocycles. The Hall–Kier alpha value is -3.99. The van der Waals surface area contributed by atoms with Gasteiger partial charge in [0.2, 0.25) is 5.91 Å². The van der Waals surface area contributed by atoms with Crippen LogP contribution in [0.15, 0.2) is 48.5 Å². The van der Waals surface area contributed by atoms with Gasteiger partial charge in [0.15, 0.2) is 0 Å². The fraction of sp³-hybridized carbons (Fsp3) is 0.571. The van der Waals surface area contributed by atoms with Crippen LogP contribution in [0.25, 0.3) is 0 Å². The molecule has 2 N–H and O–H groups in total. The molecule has 46 heavy (non-hydrogen) atoms. The van der Waals surface area contributed by atoms with Gasteiger partial charge >= 0.3 is 6.03 Å². The van der Waals surface area contributed by atoms with Crippen LogP contribution in [0.3, 0.4) is 0 Å². The van der Waals surface area contributed by atoms with Crippen LogP contribution in [0.2, 0.25) is 0 Å². The van der Waals surface area contributed by atoms with Crippen molar-refractivity contribution in [1.29, 1.82) is 0 Å². The molecule has 0 atom stereocenters. The van der Waals surface area contributed by atoms with Crippen molar-refractivity contribution in [3.8, 4) is 0 Å². The molecule has 4 amide bonds. The molecule has 2 aliphatic rings. The molecular weight excluding hydrogens is 584 g/mol. The van der Waals surface area contributed by atoms with Crippen molar-refractivity contribution in [2.24, 2.45) is 0 Å². The molecule has 0 bridgehead atoms. The number of anilines is 2. The van der Waals surface area contributed by atoms with E-state index in [1.165, 1.54) is 37.1 Å². The Kier molecular flexibility index (Phi) is 13.4. The van der Waals surface area contributed by atoms with E-state index in [9.17, 15) is 24.5 Å². The van der Waals surface area contributed by atoms with Crippen LogP contribution in [0.4, 0.5) is 21.9 Å². The van der Waals surface area contributed by atoms with E-state index >= 15 is 0 Å². The molecule has 2 aliphatic carbocycles. The minimum absolute atomic E-state index is 0.0642. The number of amides is 4. The van der Waals surface area contributed by atoms with E-state index in [1.807, 2.05) is 0 Å². The molecule has 2 aromatic carbocycles. The minimum atomic E-state index is -0.512. The van der Waals surface area contributed by atoms with Crippen LogP contribution in [0.5, 0.6) is 0 Å². The summed E-state index contributed by atoms with van der Waals surface area (Å²) in [6.45, 7) is 7.55. The monoisotopic (exact) mass is 634 g/mol. The summed E-state index contributed by atoms with van der Waals surface area (Å²) in [5.74, 6) is -0.127. The highest BCUT2D eigenvalue weighted by Crippen LogP contribution is 2.30. The van der Waals surface area contributed by atoms with Gasteiger partial charge in [-0.15, -0.1) is 0 Å². The number of hydrogen-bond acceptors (Lipinski definition) is 6. The summed E-state index contributed by atoms with van der Waals surface area (Å²) in [6.07, 6.45) is 12.0. The van der Waals surface area contributed by atoms with E-state index in [1.54, 1.807) is 29.2 Å². The van der Waals surface area contributed by atoms with Crippen molar-refractivity contribution in [1.82, 2.24) is 14.7 Å². The first-order chi connectivity index (χ1) is 22.3. The van der Waals surface area contributed by atoms with E-state index in [-0.39, 0.29) is 36.1 Å². The number of nitro benzene ring substituents is 1. The van der Waals surface area contributed by atoms with Crippen LogP contribution in [-0.2, 0) is 4.79 Å². The summed E-state index contributed by atoms with van der Waals surface area (Å²) in [7, 11) is 0. The number of urea groups is 1. The third-order valence-corrected chi connectivity index (χ3v) is 9.36. The van der Waals surface area contributed by atoms with Gasteiger partial charge in [0.1, 0.15) is 6.54 Å². The number of nitrogens with zero attached hydrogens (tertiary/aromatic N) is 4. The Balaban J connectivity index is 1.44. The van der Waals surface area contributed by atoms with Gasteiger partial charge in [-0.2, -0.15) is 0 Å². The zero-order valence-electron chi connectivity index (χ0n) is 27.4. The molecule has 0 unspecified atom stereocenters. The van der Waals surface area contributed by atoms with Crippen molar-refractivity contribution in [3.63, 3.8) is 0 Å². The molecule has 4 rings (SSSR count).